The Balaban J connectivity index is 2.28. The summed E-state index contributed by atoms with van der Waals surface area (Å²) >= 11 is 0. The van der Waals surface area contributed by atoms with E-state index < -0.39 is 66.3 Å². The molecule has 42 heavy (non-hydrogen) atoms. The van der Waals surface area contributed by atoms with Gasteiger partial charge in [0.15, 0.2) is 0 Å². The Morgan fingerprint density at radius 1 is 0.905 bits per heavy atom. The van der Waals surface area contributed by atoms with Gasteiger partial charge in [-0.25, -0.2) is 4.79 Å². The average molecular weight is 590 g/mol. The number of aliphatic carboxylic acids is 2. The van der Waals surface area contributed by atoms with Gasteiger partial charge in [0.1, 0.15) is 24.2 Å². The maximum Gasteiger partial charge on any atom is 0.326 e. The van der Waals surface area contributed by atoms with Crippen molar-refractivity contribution in [1.29, 1.82) is 0 Å². The first kappa shape index (κ1) is 34.2. The second kappa shape index (κ2) is 15.9. The number of hydrogen-bond acceptors (Lipinski definition) is 7. The van der Waals surface area contributed by atoms with Gasteiger partial charge in [-0.2, -0.15) is 0 Å². The molecule has 1 fully saturated rings. The lowest BCUT2D eigenvalue weighted by Crippen LogP contribution is -2.59. The van der Waals surface area contributed by atoms with Gasteiger partial charge in [-0.3, -0.25) is 24.0 Å². The van der Waals surface area contributed by atoms with Crippen LogP contribution < -0.4 is 21.7 Å². The molecular weight excluding hydrogens is 546 g/mol. The molecule has 7 N–H and O–H groups in total. The smallest absolute Gasteiger partial charge is 0.326 e. The number of nitrogens with one attached hydrogen (secondary N) is 3. The molecule has 1 aliphatic rings. The van der Waals surface area contributed by atoms with Gasteiger partial charge in [-0.15, -0.1) is 0 Å². The highest BCUT2D eigenvalue weighted by atomic mass is 16.4. The Morgan fingerprint density at radius 3 is 2.05 bits per heavy atom. The number of carboxylic acids is 2. The van der Waals surface area contributed by atoms with Crippen molar-refractivity contribution in [1.82, 2.24) is 20.9 Å². The molecular formula is C29H43N5O8. The molecule has 4 amide bonds. The SMILES string of the molecule is CC(C)C[C@H](NC(=O)[C@H](Cc1ccccc1)NC(=O)[C@@H]1CCCN1C(=O)[C@@H](N)C(C)C)C(=O)N[C@@H](CC(=O)O)C(=O)O. The molecule has 5 atom stereocenters. The Labute approximate surface area is 245 Å². The van der Waals surface area contributed by atoms with E-state index >= 15 is 0 Å². The van der Waals surface area contributed by atoms with Gasteiger partial charge in [0.05, 0.1) is 12.5 Å². The van der Waals surface area contributed by atoms with E-state index in [0.717, 1.165) is 5.56 Å². The van der Waals surface area contributed by atoms with E-state index in [-0.39, 0.29) is 30.6 Å². The van der Waals surface area contributed by atoms with Crippen LogP contribution >= 0.6 is 0 Å². The van der Waals surface area contributed by atoms with Crippen LogP contribution in [0.4, 0.5) is 0 Å². The molecule has 0 saturated carbocycles. The van der Waals surface area contributed by atoms with E-state index in [1.54, 1.807) is 44.2 Å². The molecule has 13 heteroatoms. The van der Waals surface area contributed by atoms with Crippen molar-refractivity contribution < 1.29 is 39.0 Å². The number of carbonyl (C=O) groups excluding carboxylic acids is 4. The van der Waals surface area contributed by atoms with E-state index in [1.165, 1.54) is 4.90 Å². The summed E-state index contributed by atoms with van der Waals surface area (Å²) in [6.07, 6.45) is 0.369. The van der Waals surface area contributed by atoms with Crippen LogP contribution in [0.2, 0.25) is 0 Å². The van der Waals surface area contributed by atoms with Crippen LogP contribution in [0.15, 0.2) is 30.3 Å². The van der Waals surface area contributed by atoms with Crippen molar-refractivity contribution in [2.24, 2.45) is 17.6 Å². The fourth-order valence-corrected chi connectivity index (χ4v) is 4.73. The molecule has 1 heterocycles. The highest BCUT2D eigenvalue weighted by molar-refractivity contribution is 5.96. The van der Waals surface area contributed by atoms with Crippen molar-refractivity contribution >= 4 is 35.6 Å². The van der Waals surface area contributed by atoms with Crippen LogP contribution in [0.25, 0.3) is 0 Å². The predicted octanol–water partition coefficient (Wildman–Crippen LogP) is 0.263. The second-order valence-corrected chi connectivity index (χ2v) is 11.4. The molecule has 0 aliphatic carbocycles. The summed E-state index contributed by atoms with van der Waals surface area (Å²) in [4.78, 5) is 77.1. The molecule has 1 aliphatic heterocycles. The van der Waals surface area contributed by atoms with Crippen LogP contribution in [0, 0.1) is 11.8 Å². The van der Waals surface area contributed by atoms with Crippen molar-refractivity contribution in [2.45, 2.75) is 90.0 Å². The summed E-state index contributed by atoms with van der Waals surface area (Å²) in [6.45, 7) is 7.60. The monoisotopic (exact) mass is 589 g/mol. The summed E-state index contributed by atoms with van der Waals surface area (Å²) in [5.74, 6) is -5.57. The number of rotatable bonds is 15. The molecule has 0 aromatic heterocycles. The number of likely N-dealkylation sites (tertiary alicyclic amines) is 1. The van der Waals surface area contributed by atoms with E-state index in [9.17, 15) is 33.9 Å². The van der Waals surface area contributed by atoms with E-state index in [2.05, 4.69) is 16.0 Å². The lowest BCUT2D eigenvalue weighted by atomic mass is 10.00. The lowest BCUT2D eigenvalue weighted by Gasteiger charge is -2.30. The highest BCUT2D eigenvalue weighted by Gasteiger charge is 2.38. The number of hydrogen-bond donors (Lipinski definition) is 6. The van der Waals surface area contributed by atoms with Crippen LogP contribution in [0.5, 0.6) is 0 Å². The molecule has 0 spiro atoms. The van der Waals surface area contributed by atoms with Crippen LogP contribution in [0.1, 0.15) is 58.9 Å². The van der Waals surface area contributed by atoms with Crippen molar-refractivity contribution in [2.75, 3.05) is 6.54 Å². The van der Waals surface area contributed by atoms with E-state index in [1.807, 2.05) is 13.8 Å². The number of carboxylic acid groups (broad SMARTS) is 2. The number of amides is 4. The van der Waals surface area contributed by atoms with Crippen molar-refractivity contribution in [3.63, 3.8) is 0 Å². The number of benzene rings is 1. The standard InChI is InChI=1S/C29H43N5O8/c1-16(2)13-19(25(37)33-21(29(41)42)15-23(35)36)31-26(38)20(14-18-9-6-5-7-10-18)32-27(39)22-11-8-12-34(22)28(40)24(30)17(3)4/h5-7,9-10,16-17,19-22,24H,8,11-15,30H2,1-4H3,(H,31,38)(H,32,39)(H,33,37)(H,35,36)(H,41,42)/t19-,20-,21-,22-,24-/m0/s1. The average Bonchev–Trinajstić information content (AvgIpc) is 3.41. The minimum absolute atomic E-state index is 0.0807. The van der Waals surface area contributed by atoms with Gasteiger partial charge >= 0.3 is 11.9 Å². The van der Waals surface area contributed by atoms with Gasteiger partial charge < -0.3 is 36.8 Å². The molecule has 2 rings (SSSR count). The zero-order valence-corrected chi connectivity index (χ0v) is 24.5. The summed E-state index contributed by atoms with van der Waals surface area (Å²) < 4.78 is 0. The first-order valence-electron chi connectivity index (χ1n) is 14.2. The molecule has 13 nitrogen and oxygen atoms in total. The maximum atomic E-state index is 13.6. The predicted molar refractivity (Wildman–Crippen MR) is 153 cm³/mol. The largest absolute Gasteiger partial charge is 0.481 e. The Morgan fingerprint density at radius 2 is 1.50 bits per heavy atom. The Kier molecular flexibility index (Phi) is 12.9. The van der Waals surface area contributed by atoms with E-state index in [4.69, 9.17) is 10.8 Å². The summed E-state index contributed by atoms with van der Waals surface area (Å²) in [6, 6.07) is 3.32. The molecule has 0 bridgehead atoms. The zero-order chi connectivity index (χ0) is 31.6. The van der Waals surface area contributed by atoms with Crippen molar-refractivity contribution in [3.8, 4) is 0 Å². The van der Waals surface area contributed by atoms with Gasteiger partial charge in [0, 0.05) is 13.0 Å². The minimum atomic E-state index is -1.69. The number of nitrogens with two attached hydrogens (primary N) is 1. The first-order valence-corrected chi connectivity index (χ1v) is 14.2. The fourth-order valence-electron chi connectivity index (χ4n) is 4.73. The van der Waals surface area contributed by atoms with Crippen LogP contribution in [0.3, 0.4) is 0 Å². The first-order chi connectivity index (χ1) is 19.7. The third kappa shape index (κ3) is 10.1. The highest BCUT2D eigenvalue weighted by Crippen LogP contribution is 2.20. The van der Waals surface area contributed by atoms with Crippen molar-refractivity contribution in [3.05, 3.63) is 35.9 Å². The molecule has 232 valence electrons. The van der Waals surface area contributed by atoms with Crippen LogP contribution in [-0.2, 0) is 35.2 Å². The van der Waals surface area contributed by atoms with Gasteiger partial charge in [0.25, 0.3) is 0 Å². The molecule has 0 radical (unpaired) electrons. The molecule has 1 aromatic rings. The molecule has 1 aromatic carbocycles. The molecule has 0 unspecified atom stereocenters. The summed E-state index contributed by atoms with van der Waals surface area (Å²) in [5, 5.41) is 25.9. The van der Waals surface area contributed by atoms with Gasteiger partial charge in [-0.05, 0) is 36.7 Å². The fraction of sp³-hybridized carbons (Fsp3) is 0.586. The topological polar surface area (TPSA) is 208 Å². The quantitative estimate of drug-likeness (QED) is 0.166. The Hall–Kier alpha value is -4.00. The normalized spacial score (nSPS) is 17.7. The van der Waals surface area contributed by atoms with E-state index in [0.29, 0.717) is 19.4 Å². The molecule has 1 saturated heterocycles. The number of nitrogens with zero attached hydrogens (tertiary/aromatic N) is 1. The summed E-state index contributed by atoms with van der Waals surface area (Å²) in [7, 11) is 0. The lowest BCUT2D eigenvalue weighted by molar-refractivity contribution is -0.147. The van der Waals surface area contributed by atoms with Gasteiger partial charge in [0.2, 0.25) is 23.6 Å². The number of carbonyl (C=O) groups is 6. The third-order valence-electron chi connectivity index (χ3n) is 7.09. The Bertz CT molecular complexity index is 1130. The zero-order valence-electron chi connectivity index (χ0n) is 24.5. The second-order valence-electron chi connectivity index (χ2n) is 11.4. The summed E-state index contributed by atoms with van der Waals surface area (Å²) in [5.41, 5.74) is 6.79. The van der Waals surface area contributed by atoms with Crippen LogP contribution in [-0.4, -0.2) is 87.4 Å². The maximum absolute atomic E-state index is 13.6. The minimum Gasteiger partial charge on any atom is -0.481 e. The third-order valence-corrected chi connectivity index (χ3v) is 7.09. The van der Waals surface area contributed by atoms with Gasteiger partial charge in [-0.1, -0.05) is 58.0 Å².